The van der Waals surface area contributed by atoms with Crippen molar-refractivity contribution in [2.75, 3.05) is 18.9 Å². The molecule has 2 unspecified atom stereocenters. The molecule has 1 aliphatic carbocycles. The maximum Gasteiger partial charge on any atom is 0.262 e. The molecule has 0 aromatic carbocycles. The summed E-state index contributed by atoms with van der Waals surface area (Å²) in [4.78, 5) is 4.06. The topological polar surface area (TPSA) is 62.3 Å². The van der Waals surface area contributed by atoms with Crippen LogP contribution in [0.25, 0.3) is 0 Å². The minimum atomic E-state index is -3.45. The van der Waals surface area contributed by atoms with Gasteiger partial charge < -0.3 is 5.32 Å². The summed E-state index contributed by atoms with van der Waals surface area (Å²) in [7, 11) is -1.74. The Hall–Kier alpha value is -1.14. The van der Waals surface area contributed by atoms with E-state index in [1.54, 1.807) is 23.5 Å². The zero-order valence-corrected chi connectivity index (χ0v) is 11.2. The lowest BCUT2D eigenvalue weighted by atomic mass is 10.1. The van der Waals surface area contributed by atoms with Crippen LogP contribution in [0.4, 0.5) is 5.69 Å². The molecular formula is C12H17N3O2S. The quantitative estimate of drug-likeness (QED) is 0.896. The van der Waals surface area contributed by atoms with E-state index in [4.69, 9.17) is 0 Å². The lowest BCUT2D eigenvalue weighted by Crippen LogP contribution is -2.38. The normalized spacial score (nSPS) is 27.6. The van der Waals surface area contributed by atoms with Crippen molar-refractivity contribution in [3.05, 3.63) is 18.3 Å². The van der Waals surface area contributed by atoms with Gasteiger partial charge in [-0.15, -0.1) is 0 Å². The summed E-state index contributed by atoms with van der Waals surface area (Å²) in [6, 6.07) is 3.67. The third-order valence-corrected chi connectivity index (χ3v) is 5.83. The van der Waals surface area contributed by atoms with Gasteiger partial charge >= 0.3 is 0 Å². The van der Waals surface area contributed by atoms with E-state index < -0.39 is 10.0 Å². The molecule has 2 bridgehead atoms. The summed E-state index contributed by atoms with van der Waals surface area (Å²) in [6.45, 7) is 0.659. The second kappa shape index (κ2) is 4.20. The zero-order chi connectivity index (χ0) is 12.8. The molecule has 2 fully saturated rings. The van der Waals surface area contributed by atoms with Crippen LogP contribution in [0.5, 0.6) is 0 Å². The number of hydrogen-bond acceptors (Lipinski definition) is 4. The predicted molar refractivity (Wildman–Crippen MR) is 68.8 cm³/mol. The molecule has 1 N–H and O–H groups in total. The van der Waals surface area contributed by atoms with Gasteiger partial charge in [0.2, 0.25) is 0 Å². The Morgan fingerprint density at radius 1 is 1.44 bits per heavy atom. The molecular weight excluding hydrogens is 250 g/mol. The Balaban J connectivity index is 2.00. The first-order chi connectivity index (χ1) is 8.63. The molecule has 18 heavy (non-hydrogen) atoms. The summed E-state index contributed by atoms with van der Waals surface area (Å²) in [5, 5.41) is 3.05. The minimum Gasteiger partial charge on any atom is -0.386 e. The second-order valence-electron chi connectivity index (χ2n) is 5.01. The molecule has 6 heteroatoms. The molecule has 3 rings (SSSR count). The molecule has 98 valence electrons. The number of piperidine rings is 1. The number of nitrogens with one attached hydrogen (secondary N) is 1. The molecule has 1 saturated carbocycles. The van der Waals surface area contributed by atoms with Gasteiger partial charge in [0.1, 0.15) is 0 Å². The van der Waals surface area contributed by atoms with Gasteiger partial charge in [-0.05, 0) is 37.3 Å². The molecule has 0 radical (unpaired) electrons. The van der Waals surface area contributed by atoms with Crippen molar-refractivity contribution in [3.63, 3.8) is 0 Å². The molecule has 1 saturated heterocycles. The highest BCUT2D eigenvalue weighted by Gasteiger charge is 2.45. The number of anilines is 1. The van der Waals surface area contributed by atoms with E-state index in [0.29, 0.717) is 18.2 Å². The highest BCUT2D eigenvalue weighted by atomic mass is 32.2. The van der Waals surface area contributed by atoms with Crippen LogP contribution < -0.4 is 5.32 Å². The number of sulfonamides is 1. The fraction of sp³-hybridized carbons (Fsp3) is 0.583. The van der Waals surface area contributed by atoms with Gasteiger partial charge in [-0.1, -0.05) is 0 Å². The highest BCUT2D eigenvalue weighted by molar-refractivity contribution is 7.89. The van der Waals surface area contributed by atoms with Crippen molar-refractivity contribution < 1.29 is 8.42 Å². The zero-order valence-electron chi connectivity index (χ0n) is 10.3. The van der Waals surface area contributed by atoms with E-state index in [2.05, 4.69) is 10.3 Å². The van der Waals surface area contributed by atoms with Crippen LogP contribution in [0.1, 0.15) is 19.3 Å². The first-order valence-corrected chi connectivity index (χ1v) is 7.71. The number of hydrogen-bond donors (Lipinski definition) is 1. The highest BCUT2D eigenvalue weighted by Crippen LogP contribution is 2.40. The number of aromatic nitrogens is 1. The van der Waals surface area contributed by atoms with Gasteiger partial charge in [0.25, 0.3) is 10.0 Å². The van der Waals surface area contributed by atoms with Gasteiger partial charge in [-0.2, -0.15) is 4.31 Å². The molecule has 2 aliphatic rings. The smallest absolute Gasteiger partial charge is 0.262 e. The molecule has 2 heterocycles. The average Bonchev–Trinajstić information content (AvgIpc) is 3.01. The summed E-state index contributed by atoms with van der Waals surface area (Å²) < 4.78 is 26.9. The Labute approximate surface area is 107 Å². The van der Waals surface area contributed by atoms with E-state index in [-0.39, 0.29) is 11.1 Å². The first-order valence-electron chi connectivity index (χ1n) is 6.27. The molecule has 0 spiro atoms. The van der Waals surface area contributed by atoms with E-state index >= 15 is 0 Å². The van der Waals surface area contributed by atoms with Gasteiger partial charge in [-0.25, -0.2) is 13.4 Å². The van der Waals surface area contributed by atoms with Crippen molar-refractivity contribution in [3.8, 4) is 0 Å². The average molecular weight is 267 g/mol. The summed E-state index contributed by atoms with van der Waals surface area (Å²) in [5.74, 6) is 0.548. The van der Waals surface area contributed by atoms with Crippen molar-refractivity contribution in [2.24, 2.45) is 5.92 Å². The molecule has 2 atom stereocenters. The van der Waals surface area contributed by atoms with Crippen LogP contribution in [0.3, 0.4) is 0 Å². The largest absolute Gasteiger partial charge is 0.386 e. The molecule has 1 aliphatic heterocycles. The van der Waals surface area contributed by atoms with E-state index in [0.717, 1.165) is 19.3 Å². The maximum absolute atomic E-state index is 12.6. The molecule has 0 amide bonds. The van der Waals surface area contributed by atoms with Gasteiger partial charge in [0.05, 0.1) is 5.69 Å². The van der Waals surface area contributed by atoms with E-state index in [1.165, 1.54) is 6.20 Å². The van der Waals surface area contributed by atoms with Crippen LogP contribution in [-0.4, -0.2) is 37.3 Å². The minimum absolute atomic E-state index is 0.153. The first kappa shape index (κ1) is 11.9. The summed E-state index contributed by atoms with van der Waals surface area (Å²) in [6.07, 6.45) is 4.70. The van der Waals surface area contributed by atoms with E-state index in [1.807, 2.05) is 0 Å². The summed E-state index contributed by atoms with van der Waals surface area (Å²) in [5.41, 5.74) is 0.570. The predicted octanol–water partition coefficient (Wildman–Crippen LogP) is 1.30. The van der Waals surface area contributed by atoms with Crippen LogP contribution in [-0.2, 0) is 10.0 Å². The van der Waals surface area contributed by atoms with Crippen LogP contribution >= 0.6 is 0 Å². The monoisotopic (exact) mass is 267 g/mol. The van der Waals surface area contributed by atoms with Gasteiger partial charge in [0, 0.05) is 25.8 Å². The van der Waals surface area contributed by atoms with Crippen molar-refractivity contribution >= 4 is 15.7 Å². The van der Waals surface area contributed by atoms with Crippen LogP contribution in [0.15, 0.2) is 23.4 Å². The third kappa shape index (κ3) is 1.71. The van der Waals surface area contributed by atoms with E-state index in [9.17, 15) is 8.42 Å². The number of pyridine rings is 1. The SMILES string of the molecule is CNc1cccnc1S(=O)(=O)N1CC2CCC1C2. The Kier molecular flexibility index (Phi) is 2.79. The lowest BCUT2D eigenvalue weighted by molar-refractivity contribution is 0.332. The molecule has 1 aromatic heterocycles. The van der Waals surface area contributed by atoms with Crippen molar-refractivity contribution in [1.29, 1.82) is 0 Å². The maximum atomic E-state index is 12.6. The van der Waals surface area contributed by atoms with Gasteiger partial charge in [0.15, 0.2) is 5.03 Å². The van der Waals surface area contributed by atoms with Crippen LogP contribution in [0, 0.1) is 5.92 Å². The van der Waals surface area contributed by atoms with Crippen molar-refractivity contribution in [2.45, 2.75) is 30.3 Å². The number of rotatable bonds is 3. The van der Waals surface area contributed by atoms with Crippen molar-refractivity contribution in [1.82, 2.24) is 9.29 Å². The Morgan fingerprint density at radius 3 is 2.89 bits per heavy atom. The Bertz CT molecular complexity index is 558. The Morgan fingerprint density at radius 2 is 2.28 bits per heavy atom. The third-order valence-electron chi connectivity index (χ3n) is 3.95. The fourth-order valence-electron chi connectivity index (χ4n) is 3.07. The number of nitrogens with zero attached hydrogens (tertiary/aromatic N) is 2. The molecule has 5 nitrogen and oxygen atoms in total. The van der Waals surface area contributed by atoms with Gasteiger partial charge in [-0.3, -0.25) is 0 Å². The standard InChI is InChI=1S/C12H17N3O2S/c1-13-11-3-2-6-14-12(11)18(16,17)15-8-9-4-5-10(15)7-9/h2-3,6,9-10,13H,4-5,7-8H2,1H3. The second-order valence-corrected chi connectivity index (χ2v) is 6.82. The van der Waals surface area contributed by atoms with Crippen LogP contribution in [0.2, 0.25) is 0 Å². The number of fused-ring (bicyclic) bond motifs is 2. The fourth-order valence-corrected chi connectivity index (χ4v) is 4.93. The lowest BCUT2D eigenvalue weighted by Gasteiger charge is -2.26. The molecule has 1 aromatic rings. The summed E-state index contributed by atoms with van der Waals surface area (Å²) >= 11 is 0.